The van der Waals surface area contributed by atoms with Crippen LogP contribution in [-0.2, 0) is 24.2 Å². The van der Waals surface area contributed by atoms with Gasteiger partial charge in [-0.3, -0.25) is 4.79 Å². The maximum absolute atomic E-state index is 13.2. The van der Waals surface area contributed by atoms with E-state index in [1.165, 1.54) is 16.6 Å². The second kappa shape index (κ2) is 9.57. The fourth-order valence-corrected chi connectivity index (χ4v) is 6.52. The first-order valence-electron chi connectivity index (χ1n) is 11.4. The number of nitrogens with zero attached hydrogens (tertiary/aromatic N) is 5. The van der Waals surface area contributed by atoms with Crippen molar-refractivity contribution in [2.45, 2.75) is 56.0 Å². The van der Waals surface area contributed by atoms with Crippen molar-refractivity contribution in [2.75, 3.05) is 5.32 Å². The molecular weight excluding hydrogens is 464 g/mol. The first kappa shape index (κ1) is 22.6. The van der Waals surface area contributed by atoms with Gasteiger partial charge in [0.1, 0.15) is 16.6 Å². The van der Waals surface area contributed by atoms with E-state index in [0.29, 0.717) is 28.7 Å². The number of fused-ring (bicyclic) bond motifs is 4. The van der Waals surface area contributed by atoms with Gasteiger partial charge < -0.3 is 9.88 Å². The Morgan fingerprint density at radius 3 is 2.97 bits per heavy atom. The second-order valence-electron chi connectivity index (χ2n) is 8.21. The number of benzene rings is 1. The summed E-state index contributed by atoms with van der Waals surface area (Å²) in [6.45, 7) is 6.43. The van der Waals surface area contributed by atoms with Crippen molar-refractivity contribution < 1.29 is 4.79 Å². The van der Waals surface area contributed by atoms with Crippen LogP contribution in [0.4, 0.5) is 5.00 Å². The molecule has 1 aliphatic rings. The second-order valence-corrected chi connectivity index (χ2v) is 10.5. The molecule has 0 bridgehead atoms. The van der Waals surface area contributed by atoms with Crippen LogP contribution in [0.1, 0.15) is 42.2 Å². The minimum atomic E-state index is -0.401. The van der Waals surface area contributed by atoms with Gasteiger partial charge >= 0.3 is 0 Å². The molecule has 1 aliphatic carbocycles. The van der Waals surface area contributed by atoms with Crippen LogP contribution in [0.15, 0.2) is 42.1 Å². The molecule has 0 saturated carbocycles. The Kier molecular flexibility index (Phi) is 6.35. The number of thiophene rings is 1. The van der Waals surface area contributed by atoms with E-state index in [2.05, 4.69) is 32.7 Å². The predicted molar refractivity (Wildman–Crippen MR) is 137 cm³/mol. The molecule has 1 atom stereocenters. The van der Waals surface area contributed by atoms with Crippen molar-refractivity contribution in [3.05, 3.63) is 52.9 Å². The van der Waals surface area contributed by atoms with Crippen molar-refractivity contribution >= 4 is 56.1 Å². The lowest BCUT2D eigenvalue weighted by atomic mass is 9.96. The normalized spacial score (nSPS) is 14.0. The zero-order valence-corrected chi connectivity index (χ0v) is 20.5. The predicted octanol–water partition coefficient (Wildman–Crippen LogP) is 5.49. The summed E-state index contributed by atoms with van der Waals surface area (Å²) in [5.41, 5.74) is 4.23. The number of hydrogen-bond donors (Lipinski definition) is 1. The van der Waals surface area contributed by atoms with Gasteiger partial charge in [0, 0.05) is 16.8 Å². The van der Waals surface area contributed by atoms with Crippen LogP contribution < -0.4 is 5.32 Å². The van der Waals surface area contributed by atoms with Crippen LogP contribution >= 0.6 is 23.1 Å². The van der Waals surface area contributed by atoms with E-state index in [1.54, 1.807) is 11.3 Å². The lowest BCUT2D eigenvalue weighted by molar-refractivity contribution is -0.115. The van der Waals surface area contributed by atoms with Gasteiger partial charge in [0.15, 0.2) is 5.65 Å². The molecule has 0 radical (unpaired) electrons. The number of hydrogen-bond acceptors (Lipinski definition) is 7. The van der Waals surface area contributed by atoms with Gasteiger partial charge in [0.2, 0.25) is 11.1 Å². The van der Waals surface area contributed by atoms with Crippen molar-refractivity contribution in [1.82, 2.24) is 19.7 Å². The standard InChI is InChI=1S/C25H24N6OS2/c1-3-13-31-18-11-7-5-10-16(18)21-22(31)27-25(30-29-21)34-19(4-2)23(32)28-24-17(14-26)15-9-6-8-12-20(15)33-24/h3,5,7,10-11,19H,1,4,6,8-9,12-13H2,2H3,(H,28,32)/t19-/m1/s1. The third-order valence-corrected chi connectivity index (χ3v) is 8.52. The zero-order chi connectivity index (χ0) is 23.7. The zero-order valence-electron chi connectivity index (χ0n) is 18.9. The topological polar surface area (TPSA) is 96.5 Å². The molecule has 7 nitrogen and oxygen atoms in total. The Bertz CT molecular complexity index is 1450. The molecule has 1 amide bonds. The Morgan fingerprint density at radius 2 is 2.18 bits per heavy atom. The summed E-state index contributed by atoms with van der Waals surface area (Å²) in [7, 11) is 0. The fourth-order valence-electron chi connectivity index (χ4n) is 4.47. The van der Waals surface area contributed by atoms with Gasteiger partial charge in [0.25, 0.3) is 0 Å². The first-order valence-corrected chi connectivity index (χ1v) is 13.1. The monoisotopic (exact) mass is 488 g/mol. The fraction of sp³-hybridized carbons (Fsp3) is 0.320. The summed E-state index contributed by atoms with van der Waals surface area (Å²) >= 11 is 2.84. The number of allylic oxidation sites excluding steroid dienone is 1. The Morgan fingerprint density at radius 1 is 1.35 bits per heavy atom. The average Bonchev–Trinajstić information content (AvgIpc) is 3.37. The molecule has 34 heavy (non-hydrogen) atoms. The van der Waals surface area contributed by atoms with Crippen LogP contribution in [0.5, 0.6) is 0 Å². The largest absolute Gasteiger partial charge is 0.320 e. The molecule has 4 aromatic rings. The molecule has 1 N–H and O–H groups in total. The Labute approximate surface area is 205 Å². The molecule has 5 rings (SSSR count). The molecule has 0 aliphatic heterocycles. The van der Waals surface area contributed by atoms with Gasteiger partial charge in [-0.15, -0.1) is 28.1 Å². The van der Waals surface area contributed by atoms with Crippen LogP contribution in [0.25, 0.3) is 22.1 Å². The Balaban J connectivity index is 1.42. The highest BCUT2D eigenvalue weighted by molar-refractivity contribution is 8.00. The summed E-state index contributed by atoms with van der Waals surface area (Å²) in [6, 6.07) is 10.3. The summed E-state index contributed by atoms with van der Waals surface area (Å²) in [5, 5.41) is 23.2. The lowest BCUT2D eigenvalue weighted by Crippen LogP contribution is -2.25. The number of para-hydroxylation sites is 1. The van der Waals surface area contributed by atoms with E-state index in [9.17, 15) is 10.1 Å². The molecule has 0 saturated heterocycles. The number of aromatic nitrogens is 4. The lowest BCUT2D eigenvalue weighted by Gasteiger charge is -2.13. The van der Waals surface area contributed by atoms with E-state index in [-0.39, 0.29) is 5.91 Å². The van der Waals surface area contributed by atoms with Crippen molar-refractivity contribution in [1.29, 1.82) is 5.26 Å². The SMILES string of the molecule is C=CCn1c2ccccc2c2nnc(S[C@H](CC)C(=O)Nc3sc4c(c3C#N)CCCC4)nc21. The number of carbonyl (C=O) groups excluding carboxylic acids is 1. The molecule has 172 valence electrons. The van der Waals surface area contributed by atoms with E-state index in [4.69, 9.17) is 4.98 Å². The number of nitrogens with one attached hydrogen (secondary N) is 1. The molecule has 3 aromatic heterocycles. The maximum Gasteiger partial charge on any atom is 0.238 e. The summed E-state index contributed by atoms with van der Waals surface area (Å²) < 4.78 is 2.06. The van der Waals surface area contributed by atoms with Crippen LogP contribution in [0, 0.1) is 11.3 Å². The quantitative estimate of drug-likeness (QED) is 0.273. The minimum absolute atomic E-state index is 0.141. The third kappa shape index (κ3) is 3.97. The summed E-state index contributed by atoms with van der Waals surface area (Å²) in [5.74, 6) is -0.141. The highest BCUT2D eigenvalue weighted by atomic mass is 32.2. The molecule has 0 spiro atoms. The molecule has 3 heterocycles. The molecule has 0 fully saturated rings. The summed E-state index contributed by atoms with van der Waals surface area (Å²) in [6.07, 6.45) is 6.55. The van der Waals surface area contributed by atoms with E-state index in [1.807, 2.05) is 37.3 Å². The first-order chi connectivity index (χ1) is 16.6. The Hall–Kier alpha value is -3.22. The number of nitriles is 1. The average molecular weight is 489 g/mol. The van der Waals surface area contributed by atoms with Gasteiger partial charge in [-0.25, -0.2) is 4.98 Å². The van der Waals surface area contributed by atoms with E-state index in [0.717, 1.165) is 53.3 Å². The molecule has 9 heteroatoms. The molecule has 0 unspecified atom stereocenters. The number of anilines is 1. The van der Waals surface area contributed by atoms with E-state index < -0.39 is 5.25 Å². The van der Waals surface area contributed by atoms with Crippen molar-refractivity contribution in [2.24, 2.45) is 0 Å². The molecular formula is C25H24N6OS2. The van der Waals surface area contributed by atoms with Gasteiger partial charge in [-0.05, 0) is 43.7 Å². The van der Waals surface area contributed by atoms with Crippen molar-refractivity contribution in [3.63, 3.8) is 0 Å². The minimum Gasteiger partial charge on any atom is -0.320 e. The highest BCUT2D eigenvalue weighted by Crippen LogP contribution is 2.38. The smallest absolute Gasteiger partial charge is 0.238 e. The summed E-state index contributed by atoms with van der Waals surface area (Å²) in [4.78, 5) is 19.2. The number of rotatable bonds is 7. The van der Waals surface area contributed by atoms with E-state index >= 15 is 0 Å². The molecule has 1 aromatic carbocycles. The van der Waals surface area contributed by atoms with Crippen molar-refractivity contribution in [3.8, 4) is 6.07 Å². The van der Waals surface area contributed by atoms with Gasteiger partial charge in [0.05, 0.1) is 16.3 Å². The number of carbonyl (C=O) groups is 1. The number of aryl methyl sites for hydroxylation is 1. The maximum atomic E-state index is 13.2. The van der Waals surface area contributed by atoms with Gasteiger partial charge in [-0.2, -0.15) is 5.26 Å². The number of amides is 1. The number of thioether (sulfide) groups is 1. The van der Waals surface area contributed by atoms with Crippen LogP contribution in [-0.4, -0.2) is 30.9 Å². The van der Waals surface area contributed by atoms with Crippen LogP contribution in [0.2, 0.25) is 0 Å². The van der Waals surface area contributed by atoms with Crippen LogP contribution in [0.3, 0.4) is 0 Å². The highest BCUT2D eigenvalue weighted by Gasteiger charge is 2.26. The third-order valence-electron chi connectivity index (χ3n) is 6.10. The van der Waals surface area contributed by atoms with Gasteiger partial charge in [-0.1, -0.05) is 43.0 Å².